The largest absolute Gasteiger partial charge is 0.353 e. The lowest BCUT2D eigenvalue weighted by Gasteiger charge is -2.03. The zero-order chi connectivity index (χ0) is 9.68. The van der Waals surface area contributed by atoms with Crippen molar-refractivity contribution in [3.05, 3.63) is 36.2 Å². The number of nitrogens with zero attached hydrogens (tertiary/aromatic N) is 1. The molecule has 0 saturated carbocycles. The lowest BCUT2D eigenvalue weighted by molar-refractivity contribution is -0.116. The monoisotopic (exact) mass is 178 g/mol. The minimum atomic E-state index is -0.0521. The Labute approximate surface area is 78.1 Å². The van der Waals surface area contributed by atoms with Gasteiger partial charge in [0.1, 0.15) is 0 Å². The molecule has 0 saturated heterocycles. The van der Waals surface area contributed by atoms with Crippen LogP contribution in [0.5, 0.6) is 0 Å². The molecule has 1 rings (SSSR count). The molecule has 0 radical (unpaired) electrons. The molecule has 0 spiro atoms. The van der Waals surface area contributed by atoms with Gasteiger partial charge in [-0.25, -0.2) is 0 Å². The molecule has 1 heterocycles. The summed E-state index contributed by atoms with van der Waals surface area (Å²) in [5, 5.41) is 2.78. The molecule has 70 valence electrons. The highest BCUT2D eigenvalue weighted by Crippen LogP contribution is 1.97. The summed E-state index contributed by atoms with van der Waals surface area (Å²) in [7, 11) is 1.96. The highest BCUT2D eigenvalue weighted by molar-refractivity contribution is 5.87. The lowest BCUT2D eigenvalue weighted by atomic mass is 10.4. The van der Waals surface area contributed by atoms with Crippen LogP contribution in [0.2, 0.25) is 0 Å². The van der Waals surface area contributed by atoms with E-state index in [0.29, 0.717) is 6.54 Å². The highest BCUT2D eigenvalue weighted by atomic mass is 16.1. The van der Waals surface area contributed by atoms with Crippen molar-refractivity contribution in [2.45, 2.75) is 13.5 Å². The van der Waals surface area contributed by atoms with Crippen molar-refractivity contribution in [3.8, 4) is 0 Å². The van der Waals surface area contributed by atoms with Crippen LogP contribution >= 0.6 is 0 Å². The number of carbonyl (C=O) groups excluding carboxylic acids is 1. The number of amides is 1. The predicted molar refractivity (Wildman–Crippen MR) is 52.1 cm³/mol. The molecule has 0 fully saturated rings. The van der Waals surface area contributed by atoms with E-state index in [1.54, 1.807) is 6.08 Å². The van der Waals surface area contributed by atoms with Gasteiger partial charge in [-0.05, 0) is 25.1 Å². The van der Waals surface area contributed by atoms with Crippen molar-refractivity contribution < 1.29 is 4.79 Å². The Balaban J connectivity index is 2.44. The second-order valence-electron chi connectivity index (χ2n) is 2.83. The standard InChI is InChI=1S/C10H14N2O/c1-3-5-10(13)11-8-9-6-4-7-12(9)2/h3-7H,8H2,1-2H3,(H,11,13)/b5-3+. The number of aromatic nitrogens is 1. The first-order chi connectivity index (χ1) is 6.24. The fourth-order valence-electron chi connectivity index (χ4n) is 1.07. The summed E-state index contributed by atoms with van der Waals surface area (Å²) < 4.78 is 1.98. The predicted octanol–water partition coefficient (Wildman–Crippen LogP) is 1.22. The molecule has 1 amide bonds. The fraction of sp³-hybridized carbons (Fsp3) is 0.300. The smallest absolute Gasteiger partial charge is 0.243 e. The molecule has 1 aromatic rings. The number of hydrogen-bond donors (Lipinski definition) is 1. The van der Waals surface area contributed by atoms with E-state index in [-0.39, 0.29) is 5.91 Å². The average Bonchev–Trinajstić information content (AvgIpc) is 2.48. The van der Waals surface area contributed by atoms with E-state index in [2.05, 4.69) is 5.32 Å². The van der Waals surface area contributed by atoms with Crippen molar-refractivity contribution in [3.63, 3.8) is 0 Å². The summed E-state index contributed by atoms with van der Waals surface area (Å²) in [6, 6.07) is 3.94. The molecule has 3 nitrogen and oxygen atoms in total. The van der Waals surface area contributed by atoms with Crippen LogP contribution in [0.1, 0.15) is 12.6 Å². The van der Waals surface area contributed by atoms with Gasteiger partial charge in [0.05, 0.1) is 6.54 Å². The van der Waals surface area contributed by atoms with Crippen molar-refractivity contribution in [1.82, 2.24) is 9.88 Å². The molecule has 0 atom stereocenters. The van der Waals surface area contributed by atoms with Crippen molar-refractivity contribution >= 4 is 5.91 Å². The normalized spacial score (nSPS) is 10.6. The molecule has 1 aromatic heterocycles. The summed E-state index contributed by atoms with van der Waals surface area (Å²) in [4.78, 5) is 11.0. The van der Waals surface area contributed by atoms with Gasteiger partial charge in [-0.15, -0.1) is 0 Å². The third-order valence-corrected chi connectivity index (χ3v) is 1.81. The summed E-state index contributed by atoms with van der Waals surface area (Å²) >= 11 is 0. The molecule has 0 aliphatic heterocycles. The number of rotatable bonds is 3. The van der Waals surface area contributed by atoms with Crippen LogP contribution in [0.3, 0.4) is 0 Å². The van der Waals surface area contributed by atoms with Crippen LogP contribution in [-0.2, 0) is 18.4 Å². The molecular formula is C10H14N2O. The molecule has 3 heteroatoms. The zero-order valence-corrected chi connectivity index (χ0v) is 7.95. The third kappa shape index (κ3) is 2.78. The summed E-state index contributed by atoms with van der Waals surface area (Å²) in [6.45, 7) is 2.40. The van der Waals surface area contributed by atoms with Gasteiger partial charge in [-0.2, -0.15) is 0 Å². The Kier molecular flexibility index (Phi) is 3.31. The number of aryl methyl sites for hydroxylation is 1. The first-order valence-electron chi connectivity index (χ1n) is 4.24. The van der Waals surface area contributed by atoms with E-state index in [1.807, 2.05) is 36.9 Å². The van der Waals surface area contributed by atoms with Crippen LogP contribution in [0.4, 0.5) is 0 Å². The van der Waals surface area contributed by atoms with E-state index in [9.17, 15) is 4.79 Å². The first kappa shape index (κ1) is 9.58. The molecule has 0 aromatic carbocycles. The summed E-state index contributed by atoms with van der Waals surface area (Å²) in [6.07, 6.45) is 5.19. The Morgan fingerprint density at radius 2 is 2.46 bits per heavy atom. The first-order valence-corrected chi connectivity index (χ1v) is 4.24. The number of hydrogen-bond acceptors (Lipinski definition) is 1. The van der Waals surface area contributed by atoms with Gasteiger partial charge in [-0.1, -0.05) is 6.08 Å². The highest BCUT2D eigenvalue weighted by Gasteiger charge is 1.98. The maximum atomic E-state index is 11.0. The van der Waals surface area contributed by atoms with E-state index in [4.69, 9.17) is 0 Å². The van der Waals surface area contributed by atoms with Crippen LogP contribution < -0.4 is 5.32 Å². The van der Waals surface area contributed by atoms with Crippen LogP contribution in [0, 0.1) is 0 Å². The van der Waals surface area contributed by atoms with E-state index >= 15 is 0 Å². The Bertz CT molecular complexity index is 312. The molecule has 0 unspecified atom stereocenters. The quantitative estimate of drug-likeness (QED) is 0.694. The van der Waals surface area contributed by atoms with Gasteiger partial charge in [0.15, 0.2) is 0 Å². The van der Waals surface area contributed by atoms with Crippen LogP contribution in [0.25, 0.3) is 0 Å². The Hall–Kier alpha value is -1.51. The second-order valence-corrected chi connectivity index (χ2v) is 2.83. The number of allylic oxidation sites excluding steroid dienone is 1. The van der Waals surface area contributed by atoms with E-state index in [1.165, 1.54) is 6.08 Å². The van der Waals surface area contributed by atoms with Gasteiger partial charge < -0.3 is 9.88 Å². The van der Waals surface area contributed by atoms with Crippen molar-refractivity contribution in [2.24, 2.45) is 7.05 Å². The molecule has 13 heavy (non-hydrogen) atoms. The summed E-state index contributed by atoms with van der Waals surface area (Å²) in [5.41, 5.74) is 1.10. The fourth-order valence-corrected chi connectivity index (χ4v) is 1.07. The zero-order valence-electron chi connectivity index (χ0n) is 7.95. The topological polar surface area (TPSA) is 34.0 Å². The van der Waals surface area contributed by atoms with Gasteiger partial charge in [0.2, 0.25) is 5.91 Å². The van der Waals surface area contributed by atoms with Crippen LogP contribution in [-0.4, -0.2) is 10.5 Å². The SMILES string of the molecule is C/C=C/C(=O)NCc1cccn1C. The minimum absolute atomic E-state index is 0.0521. The van der Waals surface area contributed by atoms with Crippen LogP contribution in [0.15, 0.2) is 30.5 Å². The maximum Gasteiger partial charge on any atom is 0.243 e. The minimum Gasteiger partial charge on any atom is -0.353 e. The van der Waals surface area contributed by atoms with Gasteiger partial charge in [0, 0.05) is 18.9 Å². The number of nitrogens with one attached hydrogen (secondary N) is 1. The Morgan fingerprint density at radius 1 is 1.69 bits per heavy atom. The summed E-state index contributed by atoms with van der Waals surface area (Å²) in [5.74, 6) is -0.0521. The number of carbonyl (C=O) groups is 1. The average molecular weight is 178 g/mol. The van der Waals surface area contributed by atoms with Gasteiger partial charge in [0.25, 0.3) is 0 Å². The lowest BCUT2D eigenvalue weighted by Crippen LogP contribution is -2.21. The van der Waals surface area contributed by atoms with Gasteiger partial charge >= 0.3 is 0 Å². The molecule has 0 aliphatic rings. The second kappa shape index (κ2) is 4.50. The third-order valence-electron chi connectivity index (χ3n) is 1.81. The Morgan fingerprint density at radius 3 is 3.00 bits per heavy atom. The van der Waals surface area contributed by atoms with Crippen molar-refractivity contribution in [1.29, 1.82) is 0 Å². The molecule has 0 bridgehead atoms. The van der Waals surface area contributed by atoms with Crippen molar-refractivity contribution in [2.75, 3.05) is 0 Å². The molecule has 0 aliphatic carbocycles. The molecule has 1 N–H and O–H groups in total. The molecular weight excluding hydrogens is 164 g/mol. The van der Waals surface area contributed by atoms with E-state index < -0.39 is 0 Å². The van der Waals surface area contributed by atoms with Gasteiger partial charge in [-0.3, -0.25) is 4.79 Å². The van der Waals surface area contributed by atoms with E-state index in [0.717, 1.165) is 5.69 Å². The maximum absolute atomic E-state index is 11.0.